The zero-order valence-corrected chi connectivity index (χ0v) is 21.6. The van der Waals surface area contributed by atoms with Crippen molar-refractivity contribution in [3.05, 3.63) is 77.4 Å². The van der Waals surface area contributed by atoms with E-state index in [4.69, 9.17) is 15.6 Å². The molecule has 5 rings (SSSR count). The average Bonchev–Trinajstić information content (AvgIpc) is 3.36. The number of hydrogen-bond donors (Lipinski definition) is 5. The number of H-pyrrole nitrogens is 1. The lowest BCUT2D eigenvalue weighted by Crippen LogP contribution is -2.26. The Bertz CT molecular complexity index is 1580. The molecule has 4 aromatic rings. The number of aromatic amines is 1. The number of halogens is 4. The highest BCUT2D eigenvalue weighted by Crippen LogP contribution is 2.28. The van der Waals surface area contributed by atoms with Crippen LogP contribution in [-0.2, 0) is 17.9 Å². The molecule has 0 atom stereocenters. The van der Waals surface area contributed by atoms with Crippen LogP contribution in [0.15, 0.2) is 55.0 Å². The Morgan fingerprint density at radius 3 is 2.63 bits per heavy atom. The minimum atomic E-state index is -4.65. The minimum absolute atomic E-state index is 0. The van der Waals surface area contributed by atoms with Gasteiger partial charge < -0.3 is 35.9 Å². The molecule has 2 amide bonds. The van der Waals surface area contributed by atoms with Crippen molar-refractivity contribution in [1.29, 1.82) is 0 Å². The number of nitrogens with two attached hydrogens (primary N) is 1. The van der Waals surface area contributed by atoms with Gasteiger partial charge >= 0.3 is 12.3 Å². The number of benzene rings is 2. The summed E-state index contributed by atoms with van der Waals surface area (Å²) in [4.78, 5) is 45.7. The Kier molecular flexibility index (Phi) is 9.70. The van der Waals surface area contributed by atoms with Gasteiger partial charge in [0.25, 0.3) is 11.8 Å². The van der Waals surface area contributed by atoms with Crippen molar-refractivity contribution in [1.82, 2.24) is 20.3 Å². The Labute approximate surface area is 235 Å². The zero-order chi connectivity index (χ0) is 28.9. The fourth-order valence-electron chi connectivity index (χ4n) is 3.65. The second kappa shape index (κ2) is 13.0. The van der Waals surface area contributed by atoms with E-state index in [0.717, 1.165) is 11.9 Å². The Hall–Kier alpha value is -4.89. The maximum atomic E-state index is 12.5. The first-order valence-corrected chi connectivity index (χ1v) is 11.5. The van der Waals surface area contributed by atoms with Crippen LogP contribution in [0.3, 0.4) is 0 Å². The van der Waals surface area contributed by atoms with Gasteiger partial charge in [0.15, 0.2) is 12.3 Å². The van der Waals surface area contributed by atoms with Crippen molar-refractivity contribution in [2.75, 3.05) is 11.9 Å². The van der Waals surface area contributed by atoms with Crippen LogP contribution in [-0.4, -0.2) is 50.8 Å². The molecule has 0 radical (unpaired) electrons. The zero-order valence-electron chi connectivity index (χ0n) is 20.8. The first-order chi connectivity index (χ1) is 19.0. The van der Waals surface area contributed by atoms with Crippen molar-refractivity contribution in [3.63, 3.8) is 0 Å². The molecular weight excluding hydrogens is 573 g/mol. The van der Waals surface area contributed by atoms with Crippen LogP contribution in [0.5, 0.6) is 11.5 Å². The molecule has 216 valence electrons. The topological polar surface area (TPSA) is 182 Å². The number of carbonyl (C=O) groups is 3. The quantitative estimate of drug-likeness (QED) is 0.223. The monoisotopic (exact) mass is 594 g/mol. The predicted molar refractivity (Wildman–Crippen MR) is 141 cm³/mol. The van der Waals surface area contributed by atoms with Gasteiger partial charge in [-0.15, -0.1) is 25.6 Å². The molecular formula is C25H22ClF3N6O6. The lowest BCUT2D eigenvalue weighted by molar-refractivity contribution is -0.274. The molecule has 0 unspecified atom stereocenters. The molecule has 0 fully saturated rings. The summed E-state index contributed by atoms with van der Waals surface area (Å²) in [6.07, 6.45) is -2.23. The summed E-state index contributed by atoms with van der Waals surface area (Å²) in [5.74, 6) is -1.55. The summed E-state index contributed by atoms with van der Waals surface area (Å²) >= 11 is 0. The molecule has 41 heavy (non-hydrogen) atoms. The highest BCUT2D eigenvalue weighted by atomic mass is 35.5. The maximum absolute atomic E-state index is 12.5. The van der Waals surface area contributed by atoms with Crippen molar-refractivity contribution < 1.29 is 42.1 Å². The molecule has 0 spiro atoms. The van der Waals surface area contributed by atoms with E-state index in [1.165, 1.54) is 24.4 Å². The third kappa shape index (κ3) is 7.83. The van der Waals surface area contributed by atoms with E-state index < -0.39 is 18.2 Å². The fraction of sp³-hybridized carbons (Fsp3) is 0.160. The number of fused-ring (bicyclic) bond motifs is 2. The fourth-order valence-corrected chi connectivity index (χ4v) is 3.65. The van der Waals surface area contributed by atoms with E-state index >= 15 is 0 Å². The number of aromatic nitrogens is 3. The molecule has 0 aliphatic carbocycles. The van der Waals surface area contributed by atoms with E-state index in [1.807, 2.05) is 0 Å². The van der Waals surface area contributed by atoms with Gasteiger partial charge in [-0.2, -0.15) is 0 Å². The molecule has 2 aromatic heterocycles. The van der Waals surface area contributed by atoms with Crippen LogP contribution in [0.4, 0.5) is 18.9 Å². The van der Waals surface area contributed by atoms with E-state index in [-0.39, 0.29) is 66.1 Å². The number of ether oxygens (including phenoxy) is 2. The molecule has 3 heterocycles. The van der Waals surface area contributed by atoms with E-state index in [0.29, 0.717) is 17.0 Å². The third-order valence-corrected chi connectivity index (χ3v) is 5.41. The Balaban J connectivity index is 0.000000280. The molecule has 1 aliphatic heterocycles. The van der Waals surface area contributed by atoms with Gasteiger partial charge in [0.05, 0.1) is 11.2 Å². The number of nitrogens with zero attached hydrogens (tertiary/aromatic N) is 2. The first-order valence-electron chi connectivity index (χ1n) is 11.5. The number of anilines is 1. The second-order valence-corrected chi connectivity index (χ2v) is 8.20. The van der Waals surface area contributed by atoms with Gasteiger partial charge in [-0.3, -0.25) is 9.59 Å². The highest BCUT2D eigenvalue weighted by Gasteiger charge is 2.31. The van der Waals surface area contributed by atoms with Gasteiger partial charge in [0.2, 0.25) is 0 Å². The molecule has 0 saturated heterocycles. The lowest BCUT2D eigenvalue weighted by Gasteiger charge is -2.18. The average molecular weight is 595 g/mol. The molecule has 1 aliphatic rings. The number of carboxylic acids is 1. The lowest BCUT2D eigenvalue weighted by atomic mass is 10.1. The summed E-state index contributed by atoms with van der Waals surface area (Å²) in [7, 11) is 0. The number of rotatable bonds is 6. The van der Waals surface area contributed by atoms with Gasteiger partial charge in [0.1, 0.15) is 28.9 Å². The number of nitrogens with one attached hydrogen (secondary N) is 3. The van der Waals surface area contributed by atoms with Crippen LogP contribution in [0, 0.1) is 0 Å². The summed E-state index contributed by atoms with van der Waals surface area (Å²) in [5, 5.41) is 14.6. The Morgan fingerprint density at radius 2 is 1.93 bits per heavy atom. The van der Waals surface area contributed by atoms with Crippen molar-refractivity contribution in [3.8, 4) is 11.5 Å². The van der Waals surface area contributed by atoms with Crippen molar-refractivity contribution in [2.45, 2.75) is 19.5 Å². The smallest absolute Gasteiger partial charge is 0.482 e. The van der Waals surface area contributed by atoms with Crippen LogP contribution in [0.25, 0.3) is 11.0 Å². The summed E-state index contributed by atoms with van der Waals surface area (Å²) in [6, 6.07) is 10.8. The number of carbonyl (C=O) groups excluding carboxylic acids is 2. The summed E-state index contributed by atoms with van der Waals surface area (Å²) < 4.78 is 44.1. The van der Waals surface area contributed by atoms with Crippen LogP contribution < -0.4 is 25.8 Å². The van der Waals surface area contributed by atoms with Crippen LogP contribution in [0.2, 0.25) is 0 Å². The number of hydrogen-bond acceptors (Lipinski definition) is 8. The third-order valence-electron chi connectivity index (χ3n) is 5.41. The normalized spacial score (nSPS) is 12.0. The number of aromatic carboxylic acids is 1. The summed E-state index contributed by atoms with van der Waals surface area (Å²) in [5.41, 5.74) is 7.55. The van der Waals surface area contributed by atoms with Gasteiger partial charge in [-0.25, -0.2) is 14.8 Å². The van der Waals surface area contributed by atoms with Gasteiger partial charge in [-0.05, 0) is 35.4 Å². The molecule has 16 heteroatoms. The molecule has 2 aromatic carbocycles. The SMILES string of the molecule is Cl.NCc1cccc(OC(F)(F)F)c1.O=C1COc2ccc(CNC(=O)c3ncnc4c(C(=O)O)c[nH]c34)cc2N1. The van der Waals surface area contributed by atoms with Gasteiger partial charge in [-0.1, -0.05) is 18.2 Å². The standard InChI is InChI=1S/C17H13N5O5.C8H8F3NO.ClH/c23-12-6-27-11-2-1-8(3-10(11)22-12)4-19-16(24)15-14-13(20-7-21-15)9(5-18-14)17(25)26;9-8(10,11)13-7-3-1-2-6(4-7)5-12;/h1-3,5,7,18H,4,6H2,(H,19,24)(H,22,23)(H,25,26);1-4H,5,12H2;1H. The van der Waals surface area contributed by atoms with E-state index in [2.05, 4.69) is 30.3 Å². The molecule has 0 bridgehead atoms. The van der Waals surface area contributed by atoms with E-state index in [1.54, 1.807) is 24.3 Å². The van der Waals surface area contributed by atoms with E-state index in [9.17, 15) is 27.6 Å². The summed E-state index contributed by atoms with van der Waals surface area (Å²) in [6.45, 7) is 0.344. The minimum Gasteiger partial charge on any atom is -0.482 e. The maximum Gasteiger partial charge on any atom is 0.573 e. The molecule has 12 nitrogen and oxygen atoms in total. The van der Waals surface area contributed by atoms with Crippen LogP contribution >= 0.6 is 12.4 Å². The van der Waals surface area contributed by atoms with Crippen LogP contribution in [0.1, 0.15) is 32.0 Å². The number of amides is 2. The Morgan fingerprint density at radius 1 is 1.15 bits per heavy atom. The number of carboxylic acid groups (broad SMARTS) is 1. The first kappa shape index (κ1) is 30.6. The number of alkyl halides is 3. The second-order valence-electron chi connectivity index (χ2n) is 8.20. The molecule has 6 N–H and O–H groups in total. The molecule has 0 saturated carbocycles. The van der Waals surface area contributed by atoms with Crippen molar-refractivity contribution in [2.24, 2.45) is 5.73 Å². The predicted octanol–water partition coefficient (Wildman–Crippen LogP) is 3.38. The van der Waals surface area contributed by atoms with Crippen molar-refractivity contribution >= 4 is 46.9 Å². The van der Waals surface area contributed by atoms with Gasteiger partial charge in [0, 0.05) is 19.3 Å². The largest absolute Gasteiger partial charge is 0.573 e. The highest BCUT2D eigenvalue weighted by molar-refractivity contribution is 6.08.